The van der Waals surface area contributed by atoms with Crippen LogP contribution in [-0.4, -0.2) is 46.8 Å². The zero-order chi connectivity index (χ0) is 18.9. The quantitative estimate of drug-likeness (QED) is 0.609. The van der Waals surface area contributed by atoms with Crippen molar-refractivity contribution in [2.45, 2.75) is 31.9 Å². The van der Waals surface area contributed by atoms with Gasteiger partial charge >= 0.3 is 0 Å². The predicted octanol–water partition coefficient (Wildman–Crippen LogP) is 2.13. The maximum Gasteiger partial charge on any atom is 0.248 e. The average Bonchev–Trinajstić information content (AvgIpc) is 2.66. The number of rotatable bonds is 10. The third-order valence-corrected chi connectivity index (χ3v) is 4.69. The summed E-state index contributed by atoms with van der Waals surface area (Å²) < 4.78 is 0. The van der Waals surface area contributed by atoms with Gasteiger partial charge in [0, 0.05) is 24.7 Å². The SMILES string of the molecule is C[C@@H](CCc1ccc(C(N)=O)cc1)N(CCO)C[C@@H](O)c1ccccc1. The lowest BCUT2D eigenvalue weighted by molar-refractivity contribution is 0.0749. The van der Waals surface area contributed by atoms with Gasteiger partial charge in [0.05, 0.1) is 12.7 Å². The molecule has 0 spiro atoms. The molecule has 0 aliphatic heterocycles. The summed E-state index contributed by atoms with van der Waals surface area (Å²) in [7, 11) is 0. The largest absolute Gasteiger partial charge is 0.395 e. The highest BCUT2D eigenvalue weighted by Gasteiger charge is 2.18. The number of carbonyl (C=O) groups excluding carboxylic acids is 1. The van der Waals surface area contributed by atoms with E-state index in [9.17, 15) is 15.0 Å². The fraction of sp³-hybridized carbons (Fsp3) is 0.381. The molecular formula is C21H28N2O3. The zero-order valence-corrected chi connectivity index (χ0v) is 15.2. The molecule has 0 fully saturated rings. The minimum absolute atomic E-state index is 0.0547. The van der Waals surface area contributed by atoms with E-state index < -0.39 is 12.0 Å². The van der Waals surface area contributed by atoms with Crippen molar-refractivity contribution in [3.8, 4) is 0 Å². The molecule has 4 N–H and O–H groups in total. The molecule has 2 rings (SSSR count). The summed E-state index contributed by atoms with van der Waals surface area (Å²) >= 11 is 0. The summed E-state index contributed by atoms with van der Waals surface area (Å²) in [5, 5.41) is 19.8. The molecule has 5 nitrogen and oxygen atoms in total. The first-order valence-electron chi connectivity index (χ1n) is 8.98. The Hall–Kier alpha value is -2.21. The zero-order valence-electron chi connectivity index (χ0n) is 15.2. The average molecular weight is 356 g/mol. The van der Waals surface area contributed by atoms with Gasteiger partial charge < -0.3 is 15.9 Å². The van der Waals surface area contributed by atoms with Crippen molar-refractivity contribution < 1.29 is 15.0 Å². The molecule has 0 bridgehead atoms. The van der Waals surface area contributed by atoms with Gasteiger partial charge in [0.1, 0.15) is 0 Å². The summed E-state index contributed by atoms with van der Waals surface area (Å²) in [5.41, 5.74) is 7.78. The summed E-state index contributed by atoms with van der Waals surface area (Å²) in [4.78, 5) is 13.2. The molecule has 2 atom stereocenters. The standard InChI is InChI=1S/C21H28N2O3/c1-16(7-8-17-9-11-19(12-10-17)21(22)26)23(13-14-24)15-20(25)18-5-3-2-4-6-18/h2-6,9-12,16,20,24-25H,7-8,13-15H2,1H3,(H2,22,26)/t16-,20+/m0/s1. The highest BCUT2D eigenvalue weighted by molar-refractivity contribution is 5.92. The van der Waals surface area contributed by atoms with E-state index in [0.29, 0.717) is 18.7 Å². The van der Waals surface area contributed by atoms with Crippen LogP contribution in [0.25, 0.3) is 0 Å². The third kappa shape index (κ3) is 5.95. The van der Waals surface area contributed by atoms with Crippen LogP contribution in [0.15, 0.2) is 54.6 Å². The number of nitrogens with zero attached hydrogens (tertiary/aromatic N) is 1. The van der Waals surface area contributed by atoms with Crippen LogP contribution in [0.5, 0.6) is 0 Å². The molecule has 0 aliphatic carbocycles. The van der Waals surface area contributed by atoms with Gasteiger partial charge in [-0.15, -0.1) is 0 Å². The Bertz CT molecular complexity index is 673. The van der Waals surface area contributed by atoms with E-state index in [2.05, 4.69) is 11.8 Å². The number of nitrogens with two attached hydrogens (primary N) is 1. The Balaban J connectivity index is 1.92. The Morgan fingerprint density at radius 3 is 2.35 bits per heavy atom. The van der Waals surface area contributed by atoms with Crippen LogP contribution in [0.2, 0.25) is 0 Å². The number of aliphatic hydroxyl groups is 2. The molecular weight excluding hydrogens is 328 g/mol. The number of hydrogen-bond acceptors (Lipinski definition) is 4. The molecule has 2 aromatic rings. The van der Waals surface area contributed by atoms with Gasteiger partial charge in [0.15, 0.2) is 0 Å². The molecule has 140 valence electrons. The highest BCUT2D eigenvalue weighted by Crippen LogP contribution is 2.17. The van der Waals surface area contributed by atoms with E-state index in [0.717, 1.165) is 24.0 Å². The van der Waals surface area contributed by atoms with Crippen LogP contribution in [0.1, 0.15) is 40.9 Å². The summed E-state index contributed by atoms with van der Waals surface area (Å²) in [6.07, 6.45) is 1.15. The number of hydrogen-bond donors (Lipinski definition) is 3. The van der Waals surface area contributed by atoms with E-state index in [-0.39, 0.29) is 12.6 Å². The van der Waals surface area contributed by atoms with Crippen LogP contribution < -0.4 is 5.73 Å². The van der Waals surface area contributed by atoms with Crippen LogP contribution in [0.4, 0.5) is 0 Å². The summed E-state index contributed by atoms with van der Waals surface area (Å²) in [5.74, 6) is -0.422. The molecule has 5 heteroatoms. The molecule has 2 aromatic carbocycles. The molecule has 0 unspecified atom stereocenters. The van der Waals surface area contributed by atoms with E-state index in [1.54, 1.807) is 12.1 Å². The second-order valence-electron chi connectivity index (χ2n) is 6.59. The molecule has 26 heavy (non-hydrogen) atoms. The number of aryl methyl sites for hydroxylation is 1. The Labute approximate surface area is 155 Å². The highest BCUT2D eigenvalue weighted by atomic mass is 16.3. The molecule has 0 saturated carbocycles. The van der Waals surface area contributed by atoms with Crippen molar-refractivity contribution in [3.05, 3.63) is 71.3 Å². The third-order valence-electron chi connectivity index (χ3n) is 4.69. The van der Waals surface area contributed by atoms with Crippen molar-refractivity contribution >= 4 is 5.91 Å². The number of aliphatic hydroxyl groups excluding tert-OH is 2. The van der Waals surface area contributed by atoms with Crippen molar-refractivity contribution in [1.29, 1.82) is 0 Å². The van der Waals surface area contributed by atoms with Gasteiger partial charge in [-0.25, -0.2) is 0 Å². The Morgan fingerprint density at radius 2 is 1.77 bits per heavy atom. The Kier molecular flexibility index (Phi) is 7.78. The van der Waals surface area contributed by atoms with Gasteiger partial charge in [0.2, 0.25) is 5.91 Å². The monoisotopic (exact) mass is 356 g/mol. The smallest absolute Gasteiger partial charge is 0.248 e. The van der Waals surface area contributed by atoms with E-state index in [1.807, 2.05) is 42.5 Å². The number of primary amides is 1. The molecule has 0 aliphatic rings. The maximum absolute atomic E-state index is 11.1. The molecule has 0 saturated heterocycles. The second kappa shape index (κ2) is 10.1. The van der Waals surface area contributed by atoms with E-state index in [1.165, 1.54) is 0 Å². The van der Waals surface area contributed by atoms with Crippen LogP contribution >= 0.6 is 0 Å². The lowest BCUT2D eigenvalue weighted by atomic mass is 10.0. The summed E-state index contributed by atoms with van der Waals surface area (Å²) in [6, 6.07) is 17.1. The van der Waals surface area contributed by atoms with Crippen LogP contribution in [0, 0.1) is 0 Å². The van der Waals surface area contributed by atoms with Crippen LogP contribution in [0.3, 0.4) is 0 Å². The lowest BCUT2D eigenvalue weighted by Crippen LogP contribution is -2.38. The van der Waals surface area contributed by atoms with Crippen molar-refractivity contribution in [3.63, 3.8) is 0 Å². The topological polar surface area (TPSA) is 86.8 Å². The normalized spacial score (nSPS) is 13.5. The van der Waals surface area contributed by atoms with Gasteiger partial charge in [-0.05, 0) is 43.0 Å². The van der Waals surface area contributed by atoms with Gasteiger partial charge in [-0.1, -0.05) is 42.5 Å². The van der Waals surface area contributed by atoms with Gasteiger partial charge in [-0.2, -0.15) is 0 Å². The fourth-order valence-electron chi connectivity index (χ4n) is 3.02. The molecule has 0 radical (unpaired) electrons. The minimum atomic E-state index is -0.583. The van der Waals surface area contributed by atoms with Gasteiger partial charge in [0.25, 0.3) is 0 Å². The number of carbonyl (C=O) groups is 1. The Morgan fingerprint density at radius 1 is 1.12 bits per heavy atom. The first-order valence-corrected chi connectivity index (χ1v) is 8.98. The predicted molar refractivity (Wildman–Crippen MR) is 103 cm³/mol. The van der Waals surface area contributed by atoms with Crippen molar-refractivity contribution in [1.82, 2.24) is 4.90 Å². The molecule has 0 heterocycles. The number of amides is 1. The van der Waals surface area contributed by atoms with E-state index >= 15 is 0 Å². The van der Waals surface area contributed by atoms with Crippen LogP contribution in [-0.2, 0) is 6.42 Å². The minimum Gasteiger partial charge on any atom is -0.395 e. The number of benzene rings is 2. The molecule has 0 aromatic heterocycles. The summed E-state index contributed by atoms with van der Waals surface area (Å²) in [6.45, 7) is 3.16. The lowest BCUT2D eigenvalue weighted by Gasteiger charge is -2.30. The first-order chi connectivity index (χ1) is 12.5. The van der Waals surface area contributed by atoms with Crippen molar-refractivity contribution in [2.75, 3.05) is 19.7 Å². The van der Waals surface area contributed by atoms with Gasteiger partial charge in [-0.3, -0.25) is 9.69 Å². The van der Waals surface area contributed by atoms with E-state index in [4.69, 9.17) is 5.73 Å². The fourth-order valence-corrected chi connectivity index (χ4v) is 3.02. The van der Waals surface area contributed by atoms with Crippen molar-refractivity contribution in [2.24, 2.45) is 5.73 Å². The molecule has 1 amide bonds. The first kappa shape index (κ1) is 20.1. The maximum atomic E-state index is 11.1. The second-order valence-corrected chi connectivity index (χ2v) is 6.59.